The van der Waals surface area contributed by atoms with Gasteiger partial charge in [0.25, 0.3) is 0 Å². The zero-order chi connectivity index (χ0) is 20.4. The van der Waals surface area contributed by atoms with Gasteiger partial charge in [-0.2, -0.15) is 5.10 Å². The first-order chi connectivity index (χ1) is 14.1. The van der Waals surface area contributed by atoms with Crippen molar-refractivity contribution in [3.63, 3.8) is 0 Å². The number of nitrogens with zero attached hydrogens (tertiary/aromatic N) is 3. The molecule has 1 atom stereocenters. The van der Waals surface area contributed by atoms with Crippen molar-refractivity contribution < 1.29 is 0 Å². The second-order valence-corrected chi connectivity index (χ2v) is 7.69. The van der Waals surface area contributed by atoms with Crippen molar-refractivity contribution >= 4 is 5.70 Å². The van der Waals surface area contributed by atoms with Crippen molar-refractivity contribution in [2.45, 2.75) is 32.2 Å². The fourth-order valence-electron chi connectivity index (χ4n) is 4.42. The molecule has 1 aliphatic heterocycles. The Labute approximate surface area is 172 Å². The zero-order valence-corrected chi connectivity index (χ0v) is 17.1. The van der Waals surface area contributed by atoms with E-state index in [9.17, 15) is 4.79 Å². The van der Waals surface area contributed by atoms with Gasteiger partial charge in [-0.3, -0.25) is 9.48 Å². The van der Waals surface area contributed by atoms with Crippen LogP contribution in [0.1, 0.15) is 47.7 Å². The molecular formula is C25H27N3O. The largest absolute Gasteiger partial charge is 0.368 e. The third-order valence-electron chi connectivity index (χ3n) is 5.83. The molecule has 1 aromatic heterocycles. The Morgan fingerprint density at radius 3 is 2.21 bits per heavy atom. The molecule has 0 radical (unpaired) electrons. The maximum Gasteiger partial charge on any atom is 0.203 e. The van der Waals surface area contributed by atoms with Gasteiger partial charge < -0.3 is 4.90 Å². The van der Waals surface area contributed by atoms with Crippen LogP contribution in [0.2, 0.25) is 0 Å². The van der Waals surface area contributed by atoms with E-state index in [-0.39, 0.29) is 17.4 Å². The highest BCUT2D eigenvalue weighted by atomic mass is 16.1. The van der Waals surface area contributed by atoms with E-state index < -0.39 is 0 Å². The van der Waals surface area contributed by atoms with E-state index in [1.54, 1.807) is 0 Å². The predicted octanol–water partition coefficient (Wildman–Crippen LogP) is 4.62. The standard InChI is InChI=1S/C25H27N3O/c1-4-15-27-17-22(28-25(19(27)3)18(2)23(29)16-26-28)24(20-11-7-5-8-12-20)21-13-9-6-10-14-21/h5-14,16,22,24H,3-4,15,17H2,1-2H3. The fourth-order valence-corrected chi connectivity index (χ4v) is 4.42. The lowest BCUT2D eigenvalue weighted by Gasteiger charge is -2.42. The zero-order valence-electron chi connectivity index (χ0n) is 17.1. The Hall–Kier alpha value is -3.14. The van der Waals surface area contributed by atoms with Gasteiger partial charge in [0.15, 0.2) is 0 Å². The third-order valence-corrected chi connectivity index (χ3v) is 5.83. The molecule has 1 unspecified atom stereocenters. The maximum absolute atomic E-state index is 12.4. The van der Waals surface area contributed by atoms with Gasteiger partial charge in [-0.05, 0) is 24.5 Å². The molecule has 2 aromatic carbocycles. The molecule has 0 N–H and O–H groups in total. The number of hydrogen-bond donors (Lipinski definition) is 0. The lowest BCUT2D eigenvalue weighted by Crippen LogP contribution is -2.42. The summed E-state index contributed by atoms with van der Waals surface area (Å²) in [4.78, 5) is 14.7. The number of rotatable bonds is 5. The minimum atomic E-state index is -0.0366. The van der Waals surface area contributed by atoms with E-state index >= 15 is 0 Å². The van der Waals surface area contributed by atoms with Crippen LogP contribution in [-0.2, 0) is 0 Å². The normalized spacial score (nSPS) is 16.2. The Morgan fingerprint density at radius 2 is 1.66 bits per heavy atom. The average Bonchev–Trinajstić information content (AvgIpc) is 2.75. The summed E-state index contributed by atoms with van der Waals surface area (Å²) in [5.41, 5.74) is 4.93. The van der Waals surface area contributed by atoms with Crippen molar-refractivity contribution in [3.8, 4) is 0 Å². The summed E-state index contributed by atoms with van der Waals surface area (Å²) in [6.45, 7) is 10.1. The van der Waals surface area contributed by atoms with Crippen LogP contribution in [0.4, 0.5) is 0 Å². The van der Waals surface area contributed by atoms with Gasteiger partial charge in [-0.1, -0.05) is 74.2 Å². The number of aromatic nitrogens is 2. The summed E-state index contributed by atoms with van der Waals surface area (Å²) >= 11 is 0. The molecule has 4 heteroatoms. The fraction of sp³-hybridized carbons (Fsp3) is 0.280. The highest BCUT2D eigenvalue weighted by molar-refractivity contribution is 5.63. The second kappa shape index (κ2) is 8.08. The Kier molecular flexibility index (Phi) is 5.34. The van der Waals surface area contributed by atoms with E-state index in [0.717, 1.165) is 36.5 Å². The quantitative estimate of drug-likeness (QED) is 0.643. The van der Waals surface area contributed by atoms with Crippen LogP contribution in [0.5, 0.6) is 0 Å². The minimum absolute atomic E-state index is 0.0366. The van der Waals surface area contributed by atoms with E-state index in [4.69, 9.17) is 0 Å². The van der Waals surface area contributed by atoms with E-state index in [1.165, 1.54) is 17.3 Å². The molecule has 0 amide bonds. The molecule has 0 fully saturated rings. The molecular weight excluding hydrogens is 358 g/mol. The summed E-state index contributed by atoms with van der Waals surface area (Å²) < 4.78 is 2.04. The van der Waals surface area contributed by atoms with Crippen molar-refractivity contribution in [1.82, 2.24) is 14.7 Å². The van der Waals surface area contributed by atoms with E-state index in [2.05, 4.69) is 72.0 Å². The van der Waals surface area contributed by atoms with Crippen molar-refractivity contribution in [3.05, 3.63) is 106 Å². The van der Waals surface area contributed by atoms with Crippen molar-refractivity contribution in [2.24, 2.45) is 0 Å². The molecule has 0 spiro atoms. The molecule has 148 valence electrons. The molecule has 0 aliphatic carbocycles. The van der Waals surface area contributed by atoms with Crippen LogP contribution in [-0.4, -0.2) is 27.8 Å². The minimum Gasteiger partial charge on any atom is -0.368 e. The summed E-state index contributed by atoms with van der Waals surface area (Å²) in [7, 11) is 0. The first-order valence-electron chi connectivity index (χ1n) is 10.2. The summed E-state index contributed by atoms with van der Waals surface area (Å²) in [5.74, 6) is 0.123. The number of benzene rings is 2. The maximum atomic E-state index is 12.4. The first-order valence-corrected chi connectivity index (χ1v) is 10.2. The smallest absolute Gasteiger partial charge is 0.203 e. The van der Waals surface area contributed by atoms with Crippen LogP contribution in [0.15, 0.2) is 78.2 Å². The molecule has 0 saturated heterocycles. The number of hydrogen-bond acceptors (Lipinski definition) is 3. The van der Waals surface area contributed by atoms with Crippen LogP contribution < -0.4 is 5.43 Å². The second-order valence-electron chi connectivity index (χ2n) is 7.69. The molecule has 4 rings (SSSR count). The van der Waals surface area contributed by atoms with Crippen LogP contribution >= 0.6 is 0 Å². The van der Waals surface area contributed by atoms with E-state index in [1.807, 2.05) is 23.7 Å². The number of fused-ring (bicyclic) bond motifs is 1. The lowest BCUT2D eigenvalue weighted by atomic mass is 9.83. The van der Waals surface area contributed by atoms with Gasteiger partial charge in [0.1, 0.15) is 0 Å². The van der Waals surface area contributed by atoms with Gasteiger partial charge in [-0.25, -0.2) is 0 Å². The summed E-state index contributed by atoms with van der Waals surface area (Å²) in [5, 5.41) is 4.59. The van der Waals surface area contributed by atoms with Gasteiger partial charge in [0.2, 0.25) is 5.43 Å². The third kappa shape index (κ3) is 3.51. The van der Waals surface area contributed by atoms with Crippen LogP contribution in [0.3, 0.4) is 0 Å². The van der Waals surface area contributed by atoms with Crippen molar-refractivity contribution in [2.75, 3.05) is 13.1 Å². The Balaban J connectivity index is 1.93. The van der Waals surface area contributed by atoms with Gasteiger partial charge in [0.05, 0.1) is 23.6 Å². The monoisotopic (exact) mass is 385 g/mol. The molecule has 4 nitrogen and oxygen atoms in total. The Bertz CT molecular complexity index is 1020. The van der Waals surface area contributed by atoms with Crippen LogP contribution in [0.25, 0.3) is 5.70 Å². The van der Waals surface area contributed by atoms with Gasteiger partial charge in [0, 0.05) is 24.6 Å². The Morgan fingerprint density at radius 1 is 1.07 bits per heavy atom. The highest BCUT2D eigenvalue weighted by Gasteiger charge is 2.35. The van der Waals surface area contributed by atoms with Gasteiger partial charge in [-0.15, -0.1) is 0 Å². The molecule has 2 heterocycles. The predicted molar refractivity (Wildman–Crippen MR) is 118 cm³/mol. The van der Waals surface area contributed by atoms with Crippen LogP contribution in [0, 0.1) is 6.92 Å². The molecule has 3 aromatic rings. The first kappa shape index (κ1) is 19.2. The van der Waals surface area contributed by atoms with Gasteiger partial charge >= 0.3 is 0 Å². The van der Waals surface area contributed by atoms with E-state index in [0.29, 0.717) is 0 Å². The SMILES string of the molecule is C=C1c2c(C)c(=O)cnn2C(C(c2ccccc2)c2ccccc2)CN1CCC. The highest BCUT2D eigenvalue weighted by Crippen LogP contribution is 2.40. The lowest BCUT2D eigenvalue weighted by molar-refractivity contribution is 0.254. The summed E-state index contributed by atoms with van der Waals surface area (Å²) in [6.07, 6.45) is 2.47. The average molecular weight is 386 g/mol. The molecule has 29 heavy (non-hydrogen) atoms. The molecule has 0 bridgehead atoms. The molecule has 0 saturated carbocycles. The van der Waals surface area contributed by atoms with Crippen molar-refractivity contribution in [1.29, 1.82) is 0 Å². The molecule has 1 aliphatic rings. The topological polar surface area (TPSA) is 38.1 Å². The summed E-state index contributed by atoms with van der Waals surface area (Å²) in [6, 6.07) is 21.2.